The van der Waals surface area contributed by atoms with Crippen molar-refractivity contribution in [3.8, 4) is 0 Å². The molecule has 0 unspecified atom stereocenters. The molecule has 122 valence electrons. The molecule has 0 saturated carbocycles. The minimum absolute atomic E-state index is 0.228. The van der Waals surface area contributed by atoms with Gasteiger partial charge in [0.05, 0.1) is 0 Å². The van der Waals surface area contributed by atoms with Crippen LogP contribution in [0.15, 0.2) is 29.8 Å². The summed E-state index contributed by atoms with van der Waals surface area (Å²) in [5.41, 5.74) is 3.72. The molecular formula is C20H30O2. The van der Waals surface area contributed by atoms with E-state index in [1.165, 1.54) is 43.7 Å². The minimum atomic E-state index is -0.228. The van der Waals surface area contributed by atoms with Gasteiger partial charge in [-0.05, 0) is 35.5 Å². The zero-order valence-corrected chi connectivity index (χ0v) is 14.5. The number of carbonyl (C=O) groups is 1. The molecule has 0 aliphatic rings. The van der Waals surface area contributed by atoms with Crippen LogP contribution in [0, 0.1) is 5.92 Å². The van der Waals surface area contributed by atoms with Crippen LogP contribution in [0.2, 0.25) is 0 Å². The predicted molar refractivity (Wildman–Crippen MR) is 93.7 cm³/mol. The molecule has 0 fully saturated rings. The minimum Gasteiger partial charge on any atom is -0.461 e. The van der Waals surface area contributed by atoms with Crippen LogP contribution < -0.4 is 0 Å². The lowest BCUT2D eigenvalue weighted by Gasteiger charge is -2.11. The molecule has 0 aliphatic carbocycles. The Kier molecular flexibility index (Phi) is 8.57. The maximum absolute atomic E-state index is 11.0. The summed E-state index contributed by atoms with van der Waals surface area (Å²) >= 11 is 0. The van der Waals surface area contributed by atoms with E-state index in [9.17, 15) is 4.79 Å². The van der Waals surface area contributed by atoms with Gasteiger partial charge in [-0.3, -0.25) is 4.79 Å². The quantitative estimate of drug-likeness (QED) is 0.450. The molecule has 0 N–H and O–H groups in total. The molecule has 0 spiro atoms. The lowest BCUT2D eigenvalue weighted by Crippen LogP contribution is -2.07. The maximum Gasteiger partial charge on any atom is 0.302 e. The molecule has 0 atom stereocenters. The molecule has 1 rings (SSSR count). The van der Waals surface area contributed by atoms with Crippen LogP contribution in [-0.4, -0.2) is 12.6 Å². The SMILES string of the molecule is CCCCCCc1ccc(C=C(COC(C)=O)C(C)C)cc1. The molecule has 2 nitrogen and oxygen atoms in total. The van der Waals surface area contributed by atoms with Crippen LogP contribution in [0.1, 0.15) is 64.5 Å². The summed E-state index contributed by atoms with van der Waals surface area (Å²) in [5, 5.41) is 0. The number of hydrogen-bond acceptors (Lipinski definition) is 2. The van der Waals surface area contributed by atoms with E-state index < -0.39 is 0 Å². The van der Waals surface area contributed by atoms with Gasteiger partial charge in [0.2, 0.25) is 0 Å². The van der Waals surface area contributed by atoms with Crippen molar-refractivity contribution < 1.29 is 9.53 Å². The number of benzene rings is 1. The Morgan fingerprint density at radius 3 is 2.36 bits per heavy atom. The average molecular weight is 302 g/mol. The van der Waals surface area contributed by atoms with Crippen molar-refractivity contribution in [1.29, 1.82) is 0 Å². The molecular weight excluding hydrogens is 272 g/mol. The third-order valence-corrected chi connectivity index (χ3v) is 3.83. The van der Waals surface area contributed by atoms with E-state index in [1.807, 2.05) is 0 Å². The maximum atomic E-state index is 11.0. The van der Waals surface area contributed by atoms with E-state index in [2.05, 4.69) is 51.1 Å². The van der Waals surface area contributed by atoms with Gasteiger partial charge in [0.15, 0.2) is 0 Å². The molecule has 0 heterocycles. The van der Waals surface area contributed by atoms with Crippen LogP contribution in [0.4, 0.5) is 0 Å². The zero-order chi connectivity index (χ0) is 16.4. The Bertz CT molecular complexity index is 469. The van der Waals surface area contributed by atoms with E-state index in [1.54, 1.807) is 0 Å². The number of rotatable bonds is 9. The molecule has 1 aromatic carbocycles. The summed E-state index contributed by atoms with van der Waals surface area (Å²) < 4.78 is 5.13. The monoisotopic (exact) mass is 302 g/mol. The second kappa shape index (κ2) is 10.2. The second-order valence-corrected chi connectivity index (χ2v) is 6.21. The number of unbranched alkanes of at least 4 members (excludes halogenated alkanes) is 3. The predicted octanol–water partition coefficient (Wildman–Crippen LogP) is 5.41. The number of carbonyl (C=O) groups excluding carboxylic acids is 1. The van der Waals surface area contributed by atoms with Gasteiger partial charge >= 0.3 is 5.97 Å². The van der Waals surface area contributed by atoms with Crippen molar-refractivity contribution in [2.24, 2.45) is 5.92 Å². The Labute approximate surface area is 135 Å². The van der Waals surface area contributed by atoms with Gasteiger partial charge in [-0.1, -0.05) is 70.4 Å². The van der Waals surface area contributed by atoms with Crippen LogP contribution in [-0.2, 0) is 16.0 Å². The van der Waals surface area contributed by atoms with Crippen molar-refractivity contribution in [3.63, 3.8) is 0 Å². The summed E-state index contributed by atoms with van der Waals surface area (Å²) in [6.45, 7) is 8.31. The molecule has 0 saturated heterocycles. The summed E-state index contributed by atoms with van der Waals surface area (Å²) in [7, 11) is 0. The fourth-order valence-electron chi connectivity index (χ4n) is 2.31. The zero-order valence-electron chi connectivity index (χ0n) is 14.5. The van der Waals surface area contributed by atoms with Crippen molar-refractivity contribution >= 4 is 12.0 Å². The molecule has 0 aromatic heterocycles. The summed E-state index contributed by atoms with van der Waals surface area (Å²) in [6, 6.07) is 8.74. The lowest BCUT2D eigenvalue weighted by molar-refractivity contribution is -0.140. The van der Waals surface area contributed by atoms with Crippen molar-refractivity contribution in [2.75, 3.05) is 6.61 Å². The Balaban J connectivity index is 2.62. The van der Waals surface area contributed by atoms with Gasteiger partial charge in [0.1, 0.15) is 6.61 Å². The number of hydrogen-bond donors (Lipinski definition) is 0. The highest BCUT2D eigenvalue weighted by atomic mass is 16.5. The second-order valence-electron chi connectivity index (χ2n) is 6.21. The van der Waals surface area contributed by atoms with Crippen molar-refractivity contribution in [3.05, 3.63) is 41.0 Å². The van der Waals surface area contributed by atoms with Gasteiger partial charge in [0, 0.05) is 6.92 Å². The number of aryl methyl sites for hydroxylation is 1. The largest absolute Gasteiger partial charge is 0.461 e. The molecule has 0 bridgehead atoms. The van der Waals surface area contributed by atoms with Crippen LogP contribution in [0.25, 0.3) is 6.08 Å². The number of esters is 1. The first-order valence-electron chi connectivity index (χ1n) is 8.45. The van der Waals surface area contributed by atoms with Gasteiger partial charge in [0.25, 0.3) is 0 Å². The molecule has 1 aromatic rings. The fourth-order valence-corrected chi connectivity index (χ4v) is 2.31. The highest BCUT2D eigenvalue weighted by molar-refractivity contribution is 5.66. The highest BCUT2D eigenvalue weighted by Crippen LogP contribution is 2.17. The van der Waals surface area contributed by atoms with E-state index in [0.717, 1.165) is 12.0 Å². The van der Waals surface area contributed by atoms with E-state index in [-0.39, 0.29) is 5.97 Å². The molecule has 0 amide bonds. The normalized spacial score (nSPS) is 11.8. The lowest BCUT2D eigenvalue weighted by atomic mass is 9.99. The first-order chi connectivity index (χ1) is 10.5. The van der Waals surface area contributed by atoms with Crippen LogP contribution in [0.3, 0.4) is 0 Å². The van der Waals surface area contributed by atoms with E-state index in [4.69, 9.17) is 4.74 Å². The molecule has 2 heteroatoms. The smallest absolute Gasteiger partial charge is 0.302 e. The number of ether oxygens (including phenoxy) is 1. The van der Waals surface area contributed by atoms with E-state index >= 15 is 0 Å². The first kappa shape index (κ1) is 18.5. The van der Waals surface area contributed by atoms with Gasteiger partial charge in [-0.15, -0.1) is 0 Å². The molecule has 0 radical (unpaired) electrons. The Morgan fingerprint density at radius 2 is 1.82 bits per heavy atom. The van der Waals surface area contributed by atoms with Crippen LogP contribution >= 0.6 is 0 Å². The topological polar surface area (TPSA) is 26.3 Å². The highest BCUT2D eigenvalue weighted by Gasteiger charge is 2.06. The third kappa shape index (κ3) is 7.44. The fraction of sp³-hybridized carbons (Fsp3) is 0.550. The third-order valence-electron chi connectivity index (χ3n) is 3.83. The summed E-state index contributed by atoms with van der Waals surface area (Å²) in [4.78, 5) is 11.0. The Hall–Kier alpha value is -1.57. The van der Waals surface area contributed by atoms with Gasteiger partial charge < -0.3 is 4.74 Å². The molecule has 0 aliphatic heterocycles. The van der Waals surface area contributed by atoms with Gasteiger partial charge in [-0.25, -0.2) is 0 Å². The van der Waals surface area contributed by atoms with Gasteiger partial charge in [-0.2, -0.15) is 0 Å². The van der Waals surface area contributed by atoms with Crippen LogP contribution in [0.5, 0.6) is 0 Å². The van der Waals surface area contributed by atoms with E-state index in [0.29, 0.717) is 12.5 Å². The van der Waals surface area contributed by atoms with Crippen molar-refractivity contribution in [2.45, 2.75) is 59.8 Å². The average Bonchev–Trinajstić information content (AvgIpc) is 2.49. The molecule has 22 heavy (non-hydrogen) atoms. The summed E-state index contributed by atoms with van der Waals surface area (Å²) in [6.07, 6.45) is 8.49. The first-order valence-corrected chi connectivity index (χ1v) is 8.45. The standard InChI is InChI=1S/C20H30O2/c1-5-6-7-8-9-18-10-12-19(13-11-18)14-20(16(2)3)15-22-17(4)21/h10-14,16H,5-9,15H2,1-4H3. The van der Waals surface area contributed by atoms with Crippen molar-refractivity contribution in [1.82, 2.24) is 0 Å². The Morgan fingerprint density at radius 1 is 1.14 bits per heavy atom. The summed E-state index contributed by atoms with van der Waals surface area (Å²) in [5.74, 6) is 0.141.